The summed E-state index contributed by atoms with van der Waals surface area (Å²) < 4.78 is 5.44. The maximum atomic E-state index is 12.5. The van der Waals surface area contributed by atoms with Crippen LogP contribution in [0.1, 0.15) is 37.2 Å². The predicted octanol–water partition coefficient (Wildman–Crippen LogP) is 4.10. The van der Waals surface area contributed by atoms with Crippen LogP contribution in [0.15, 0.2) is 36.9 Å². The van der Waals surface area contributed by atoms with Gasteiger partial charge in [0.25, 0.3) is 0 Å². The Morgan fingerprint density at radius 3 is 3.00 bits per heavy atom. The Bertz CT molecular complexity index is 582. The number of anilines is 1. The quantitative estimate of drug-likeness (QED) is 0.617. The molecule has 1 heterocycles. The third kappa shape index (κ3) is 1.76. The molecule has 4 atom stereocenters. The lowest BCUT2D eigenvalue weighted by atomic mass is 9.61. The smallest absolute Gasteiger partial charge is 0.414 e. The largest absolute Gasteiger partial charge is 0.449 e. The molecule has 1 aromatic rings. The average Bonchev–Trinajstić information content (AvgIpc) is 3.01. The maximum Gasteiger partial charge on any atom is 0.414 e. The van der Waals surface area contributed by atoms with E-state index in [4.69, 9.17) is 4.74 Å². The second-order valence-corrected chi connectivity index (χ2v) is 6.40. The standard InChI is InChI=1S/C18H21NO2/c1-2-3-11-21-18(20)19-15-10-5-4-7-14(15)16-12-8-6-9-13(12)17(16)19/h2,4-5,7,10,12-13,16-17H,1,3,6,8-9,11H2/t12-,13+,16+,17+/m1/s1. The Labute approximate surface area is 125 Å². The lowest BCUT2D eigenvalue weighted by Crippen LogP contribution is -2.54. The Morgan fingerprint density at radius 2 is 2.14 bits per heavy atom. The zero-order valence-corrected chi connectivity index (χ0v) is 12.2. The zero-order chi connectivity index (χ0) is 14.4. The van der Waals surface area contributed by atoms with E-state index in [1.54, 1.807) is 6.08 Å². The third-order valence-corrected chi connectivity index (χ3v) is 5.49. The van der Waals surface area contributed by atoms with Gasteiger partial charge in [0.2, 0.25) is 0 Å². The Morgan fingerprint density at radius 1 is 1.33 bits per heavy atom. The number of hydrogen-bond acceptors (Lipinski definition) is 2. The molecule has 3 aliphatic rings. The molecule has 1 amide bonds. The highest BCUT2D eigenvalue weighted by Gasteiger charge is 2.60. The maximum absolute atomic E-state index is 12.5. The van der Waals surface area contributed by atoms with Crippen LogP contribution in [-0.4, -0.2) is 18.7 Å². The van der Waals surface area contributed by atoms with Gasteiger partial charge in [0.15, 0.2) is 0 Å². The van der Waals surface area contributed by atoms with E-state index in [9.17, 15) is 4.79 Å². The number of fused-ring (bicyclic) bond motifs is 6. The summed E-state index contributed by atoms with van der Waals surface area (Å²) in [5.41, 5.74) is 2.43. The number of hydrogen-bond donors (Lipinski definition) is 0. The van der Waals surface area contributed by atoms with Crippen molar-refractivity contribution in [2.75, 3.05) is 11.5 Å². The van der Waals surface area contributed by atoms with Crippen LogP contribution in [0.4, 0.5) is 10.5 Å². The molecule has 2 fully saturated rings. The number of rotatable bonds is 3. The van der Waals surface area contributed by atoms with Crippen LogP contribution >= 0.6 is 0 Å². The van der Waals surface area contributed by atoms with E-state index in [0.29, 0.717) is 30.9 Å². The summed E-state index contributed by atoms with van der Waals surface area (Å²) in [5.74, 6) is 2.00. The molecular formula is C18H21NO2. The van der Waals surface area contributed by atoms with Crippen molar-refractivity contribution in [3.8, 4) is 0 Å². The van der Waals surface area contributed by atoms with E-state index in [1.165, 1.54) is 24.8 Å². The highest BCUT2D eigenvalue weighted by atomic mass is 16.6. The second-order valence-electron chi connectivity index (χ2n) is 6.40. The summed E-state index contributed by atoms with van der Waals surface area (Å²) in [6, 6.07) is 8.70. The lowest BCUT2D eigenvalue weighted by molar-refractivity contribution is 0.111. The lowest BCUT2D eigenvalue weighted by Gasteiger charge is -2.47. The number of para-hydroxylation sites is 1. The highest BCUT2D eigenvalue weighted by molar-refractivity contribution is 5.92. The Balaban J connectivity index is 1.63. The molecule has 0 aromatic heterocycles. The topological polar surface area (TPSA) is 29.5 Å². The van der Waals surface area contributed by atoms with Crippen molar-refractivity contribution in [1.29, 1.82) is 0 Å². The number of nitrogens with zero attached hydrogens (tertiary/aromatic N) is 1. The molecule has 110 valence electrons. The minimum Gasteiger partial charge on any atom is -0.449 e. The molecule has 0 N–H and O–H groups in total. The van der Waals surface area contributed by atoms with E-state index < -0.39 is 0 Å². The number of amides is 1. The Kier molecular flexibility index (Phi) is 3.02. The summed E-state index contributed by atoms with van der Waals surface area (Å²) in [5, 5.41) is 0. The van der Waals surface area contributed by atoms with Gasteiger partial charge in [-0.2, -0.15) is 0 Å². The third-order valence-electron chi connectivity index (χ3n) is 5.49. The van der Waals surface area contributed by atoms with E-state index >= 15 is 0 Å². The van der Waals surface area contributed by atoms with Crippen molar-refractivity contribution in [3.05, 3.63) is 42.5 Å². The fraction of sp³-hybridized carbons (Fsp3) is 0.500. The van der Waals surface area contributed by atoms with Gasteiger partial charge in [0.1, 0.15) is 0 Å². The van der Waals surface area contributed by atoms with Crippen LogP contribution in [0, 0.1) is 11.8 Å². The van der Waals surface area contributed by atoms with E-state index in [-0.39, 0.29) is 6.09 Å². The molecule has 0 radical (unpaired) electrons. The minimum atomic E-state index is -0.179. The molecule has 1 aromatic carbocycles. The van der Waals surface area contributed by atoms with Gasteiger partial charge in [-0.3, -0.25) is 4.90 Å². The van der Waals surface area contributed by atoms with Gasteiger partial charge in [-0.25, -0.2) is 4.79 Å². The van der Waals surface area contributed by atoms with Crippen molar-refractivity contribution in [2.45, 2.75) is 37.6 Å². The molecule has 4 rings (SSSR count). The summed E-state index contributed by atoms with van der Waals surface area (Å²) in [7, 11) is 0. The summed E-state index contributed by atoms with van der Waals surface area (Å²) in [4.78, 5) is 14.5. The summed E-state index contributed by atoms with van der Waals surface area (Å²) in [6.07, 6.45) is 6.20. The molecular weight excluding hydrogens is 262 g/mol. The van der Waals surface area contributed by atoms with Gasteiger partial charge in [0, 0.05) is 5.92 Å². The van der Waals surface area contributed by atoms with Crippen molar-refractivity contribution < 1.29 is 9.53 Å². The zero-order valence-electron chi connectivity index (χ0n) is 12.2. The van der Waals surface area contributed by atoms with Crippen LogP contribution in [0.5, 0.6) is 0 Å². The molecule has 0 unspecified atom stereocenters. The number of carbonyl (C=O) groups excluding carboxylic acids is 1. The normalized spacial score (nSPS) is 31.9. The monoisotopic (exact) mass is 283 g/mol. The van der Waals surface area contributed by atoms with Crippen LogP contribution in [0.3, 0.4) is 0 Å². The molecule has 1 aliphatic heterocycles. The fourth-order valence-electron chi connectivity index (χ4n) is 4.70. The predicted molar refractivity (Wildman–Crippen MR) is 82.4 cm³/mol. The van der Waals surface area contributed by atoms with Crippen molar-refractivity contribution in [1.82, 2.24) is 0 Å². The van der Waals surface area contributed by atoms with Crippen LogP contribution < -0.4 is 4.90 Å². The van der Waals surface area contributed by atoms with E-state index in [1.807, 2.05) is 11.0 Å². The molecule has 0 saturated heterocycles. The molecule has 2 saturated carbocycles. The average molecular weight is 283 g/mol. The molecule has 3 nitrogen and oxygen atoms in total. The van der Waals surface area contributed by atoms with Crippen LogP contribution in [-0.2, 0) is 4.74 Å². The number of carbonyl (C=O) groups is 1. The first kappa shape index (κ1) is 12.9. The second kappa shape index (κ2) is 4.90. The molecule has 21 heavy (non-hydrogen) atoms. The van der Waals surface area contributed by atoms with E-state index in [0.717, 1.165) is 11.6 Å². The van der Waals surface area contributed by atoms with Gasteiger partial charge in [-0.1, -0.05) is 30.7 Å². The van der Waals surface area contributed by atoms with Gasteiger partial charge < -0.3 is 4.74 Å². The molecule has 0 spiro atoms. The SMILES string of the molecule is C=CCCOC(=O)N1c2ccccc2[C@@H]2[C@@H]3CCC[C@@H]3[C@@H]21. The van der Waals surface area contributed by atoms with Crippen LogP contribution in [0.2, 0.25) is 0 Å². The number of ether oxygens (including phenoxy) is 1. The Hall–Kier alpha value is -1.77. The first-order valence-corrected chi connectivity index (χ1v) is 7.98. The van der Waals surface area contributed by atoms with Crippen molar-refractivity contribution in [3.63, 3.8) is 0 Å². The van der Waals surface area contributed by atoms with Crippen molar-refractivity contribution >= 4 is 11.8 Å². The summed E-state index contributed by atoms with van der Waals surface area (Å²) in [6.45, 7) is 4.09. The van der Waals surface area contributed by atoms with Gasteiger partial charge in [0.05, 0.1) is 18.3 Å². The number of benzene rings is 1. The van der Waals surface area contributed by atoms with Crippen LogP contribution in [0.25, 0.3) is 0 Å². The molecule has 2 aliphatic carbocycles. The minimum absolute atomic E-state index is 0.179. The van der Waals surface area contributed by atoms with E-state index in [2.05, 4.69) is 24.8 Å². The first-order valence-electron chi connectivity index (χ1n) is 7.98. The molecule has 0 bridgehead atoms. The van der Waals surface area contributed by atoms with Gasteiger partial charge >= 0.3 is 6.09 Å². The van der Waals surface area contributed by atoms with Gasteiger partial charge in [-0.15, -0.1) is 6.58 Å². The fourth-order valence-corrected chi connectivity index (χ4v) is 4.70. The van der Waals surface area contributed by atoms with Gasteiger partial charge in [-0.05, 0) is 42.7 Å². The summed E-state index contributed by atoms with van der Waals surface area (Å²) >= 11 is 0. The molecule has 3 heteroatoms. The van der Waals surface area contributed by atoms with Crippen molar-refractivity contribution in [2.24, 2.45) is 11.8 Å². The first-order chi connectivity index (χ1) is 10.3. The highest BCUT2D eigenvalue weighted by Crippen LogP contribution is 2.63.